The standard InChI is InChI=1S/C15H16N4O/c1-10-4-3-5-11(6-10)13-8-14-18(2)12(9-16)7-15(20)19(14)17-13/h3-8H,9,16H2,1-2H3. The number of hydrogen-bond donors (Lipinski definition) is 1. The number of hydrogen-bond acceptors (Lipinski definition) is 3. The Kier molecular flexibility index (Phi) is 2.91. The summed E-state index contributed by atoms with van der Waals surface area (Å²) in [6.07, 6.45) is 0. The smallest absolute Gasteiger partial charge is 0.274 e. The Balaban J connectivity index is 2.28. The Labute approximate surface area is 116 Å². The van der Waals surface area contributed by atoms with Crippen LogP contribution in [0.1, 0.15) is 11.3 Å². The number of nitrogens with zero attached hydrogens (tertiary/aromatic N) is 3. The van der Waals surface area contributed by atoms with Gasteiger partial charge in [0.1, 0.15) is 5.65 Å². The molecule has 0 aliphatic heterocycles. The van der Waals surface area contributed by atoms with E-state index in [1.807, 2.05) is 42.8 Å². The van der Waals surface area contributed by atoms with E-state index in [9.17, 15) is 4.79 Å². The molecule has 0 radical (unpaired) electrons. The summed E-state index contributed by atoms with van der Waals surface area (Å²) in [6.45, 7) is 2.36. The molecule has 3 aromatic rings. The van der Waals surface area contributed by atoms with E-state index in [0.717, 1.165) is 28.2 Å². The lowest BCUT2D eigenvalue weighted by Crippen LogP contribution is -2.21. The summed E-state index contributed by atoms with van der Waals surface area (Å²) in [5.41, 5.74) is 9.99. The number of aromatic nitrogens is 3. The molecule has 5 heteroatoms. The predicted octanol–water partition coefficient (Wildman–Crippen LogP) is 1.47. The quantitative estimate of drug-likeness (QED) is 0.765. The van der Waals surface area contributed by atoms with Crippen LogP contribution in [0.25, 0.3) is 16.9 Å². The second-order valence-corrected chi connectivity index (χ2v) is 4.91. The van der Waals surface area contributed by atoms with Crippen molar-refractivity contribution in [2.45, 2.75) is 13.5 Å². The minimum Gasteiger partial charge on any atom is -0.331 e. The van der Waals surface area contributed by atoms with E-state index in [-0.39, 0.29) is 5.56 Å². The second-order valence-electron chi connectivity index (χ2n) is 4.91. The van der Waals surface area contributed by atoms with Crippen molar-refractivity contribution in [3.63, 3.8) is 0 Å². The minimum atomic E-state index is -0.155. The summed E-state index contributed by atoms with van der Waals surface area (Å²) < 4.78 is 3.31. The van der Waals surface area contributed by atoms with Crippen LogP contribution >= 0.6 is 0 Å². The monoisotopic (exact) mass is 268 g/mol. The van der Waals surface area contributed by atoms with Gasteiger partial charge < -0.3 is 10.3 Å². The molecule has 0 spiro atoms. The SMILES string of the molecule is Cc1cccc(-c2cc3n(C)c(CN)cc(=O)n3n2)c1. The predicted molar refractivity (Wildman–Crippen MR) is 78.5 cm³/mol. The van der Waals surface area contributed by atoms with Gasteiger partial charge in [-0.2, -0.15) is 9.61 Å². The van der Waals surface area contributed by atoms with Gasteiger partial charge in [-0.15, -0.1) is 0 Å². The molecule has 0 atom stereocenters. The Hall–Kier alpha value is -2.40. The minimum absolute atomic E-state index is 0.155. The third kappa shape index (κ3) is 1.92. The van der Waals surface area contributed by atoms with Crippen LogP contribution in [-0.2, 0) is 13.6 Å². The van der Waals surface area contributed by atoms with E-state index in [2.05, 4.69) is 11.2 Å². The van der Waals surface area contributed by atoms with Gasteiger partial charge in [0.2, 0.25) is 0 Å². The Morgan fingerprint density at radius 3 is 2.75 bits per heavy atom. The zero-order chi connectivity index (χ0) is 14.3. The fourth-order valence-electron chi connectivity index (χ4n) is 2.36. The third-order valence-corrected chi connectivity index (χ3v) is 3.49. The van der Waals surface area contributed by atoms with Crippen LogP contribution < -0.4 is 11.3 Å². The largest absolute Gasteiger partial charge is 0.331 e. The maximum atomic E-state index is 12.1. The Morgan fingerprint density at radius 1 is 1.25 bits per heavy atom. The highest BCUT2D eigenvalue weighted by Gasteiger charge is 2.10. The Bertz CT molecular complexity index is 845. The molecule has 0 saturated heterocycles. The van der Waals surface area contributed by atoms with Crippen molar-refractivity contribution in [1.82, 2.24) is 14.2 Å². The summed E-state index contributed by atoms with van der Waals surface area (Å²) in [7, 11) is 1.89. The van der Waals surface area contributed by atoms with E-state index >= 15 is 0 Å². The highest BCUT2D eigenvalue weighted by Crippen LogP contribution is 2.20. The number of nitrogens with two attached hydrogens (primary N) is 1. The van der Waals surface area contributed by atoms with E-state index in [4.69, 9.17) is 5.73 Å². The van der Waals surface area contributed by atoms with Crippen LogP contribution in [0.5, 0.6) is 0 Å². The summed E-state index contributed by atoms with van der Waals surface area (Å²) in [4.78, 5) is 12.1. The summed E-state index contributed by atoms with van der Waals surface area (Å²) in [5, 5.41) is 4.40. The molecule has 5 nitrogen and oxygen atoms in total. The molecule has 0 saturated carbocycles. The van der Waals surface area contributed by atoms with Crippen LogP contribution in [0, 0.1) is 6.92 Å². The van der Waals surface area contributed by atoms with Gasteiger partial charge in [-0.3, -0.25) is 4.79 Å². The van der Waals surface area contributed by atoms with Gasteiger partial charge in [0, 0.05) is 37.0 Å². The van der Waals surface area contributed by atoms with Crippen LogP contribution in [0.15, 0.2) is 41.2 Å². The zero-order valence-electron chi connectivity index (χ0n) is 11.5. The maximum absolute atomic E-state index is 12.1. The summed E-state index contributed by atoms with van der Waals surface area (Å²) in [6, 6.07) is 11.5. The Morgan fingerprint density at radius 2 is 2.05 bits per heavy atom. The fourth-order valence-corrected chi connectivity index (χ4v) is 2.36. The van der Waals surface area contributed by atoms with E-state index < -0.39 is 0 Å². The number of fused-ring (bicyclic) bond motifs is 1. The highest BCUT2D eigenvalue weighted by atomic mass is 16.1. The molecule has 0 unspecified atom stereocenters. The average Bonchev–Trinajstić information content (AvgIpc) is 2.89. The van der Waals surface area contributed by atoms with Crippen molar-refractivity contribution in [2.75, 3.05) is 0 Å². The first-order chi connectivity index (χ1) is 9.60. The first-order valence-electron chi connectivity index (χ1n) is 6.46. The molecular formula is C15H16N4O. The van der Waals surface area contributed by atoms with E-state index in [1.54, 1.807) is 0 Å². The molecule has 102 valence electrons. The first kappa shape index (κ1) is 12.6. The van der Waals surface area contributed by atoms with Gasteiger partial charge in [0.25, 0.3) is 5.56 Å². The van der Waals surface area contributed by atoms with Gasteiger partial charge in [0.15, 0.2) is 0 Å². The lowest BCUT2D eigenvalue weighted by atomic mass is 10.1. The van der Waals surface area contributed by atoms with Crippen LogP contribution in [0.3, 0.4) is 0 Å². The first-order valence-corrected chi connectivity index (χ1v) is 6.46. The molecular weight excluding hydrogens is 252 g/mol. The van der Waals surface area contributed by atoms with Crippen molar-refractivity contribution < 1.29 is 0 Å². The van der Waals surface area contributed by atoms with E-state index in [0.29, 0.717) is 6.54 Å². The van der Waals surface area contributed by atoms with Crippen molar-refractivity contribution in [2.24, 2.45) is 12.8 Å². The zero-order valence-corrected chi connectivity index (χ0v) is 11.5. The van der Waals surface area contributed by atoms with Gasteiger partial charge in [-0.1, -0.05) is 23.8 Å². The molecule has 3 rings (SSSR count). The van der Waals surface area contributed by atoms with Gasteiger partial charge in [-0.25, -0.2) is 0 Å². The van der Waals surface area contributed by atoms with Gasteiger partial charge >= 0.3 is 0 Å². The molecule has 1 aromatic carbocycles. The molecule has 20 heavy (non-hydrogen) atoms. The van der Waals surface area contributed by atoms with Crippen molar-refractivity contribution in [3.8, 4) is 11.3 Å². The number of aryl methyl sites for hydroxylation is 2. The molecule has 0 bridgehead atoms. The molecule has 0 aliphatic carbocycles. The molecule has 2 aromatic heterocycles. The van der Waals surface area contributed by atoms with Crippen LogP contribution in [-0.4, -0.2) is 14.2 Å². The lowest BCUT2D eigenvalue weighted by molar-refractivity contribution is 0.766. The topological polar surface area (TPSA) is 65.3 Å². The number of rotatable bonds is 2. The highest BCUT2D eigenvalue weighted by molar-refractivity contribution is 5.65. The number of benzene rings is 1. The second kappa shape index (κ2) is 4.61. The molecule has 2 N–H and O–H groups in total. The maximum Gasteiger partial charge on any atom is 0.274 e. The summed E-state index contributed by atoms with van der Waals surface area (Å²) >= 11 is 0. The normalized spacial score (nSPS) is 11.2. The van der Waals surface area contributed by atoms with Crippen molar-refractivity contribution >= 4 is 5.65 Å². The van der Waals surface area contributed by atoms with Crippen molar-refractivity contribution in [3.05, 3.63) is 58.0 Å². The molecule has 0 fully saturated rings. The van der Waals surface area contributed by atoms with Gasteiger partial charge in [0.05, 0.1) is 5.69 Å². The van der Waals surface area contributed by atoms with Gasteiger partial charge in [-0.05, 0) is 13.0 Å². The average molecular weight is 268 g/mol. The van der Waals surface area contributed by atoms with Crippen LogP contribution in [0.2, 0.25) is 0 Å². The fraction of sp³-hybridized carbons (Fsp3) is 0.200. The third-order valence-electron chi connectivity index (χ3n) is 3.49. The molecule has 0 amide bonds. The molecule has 0 aliphatic rings. The van der Waals surface area contributed by atoms with E-state index in [1.165, 1.54) is 10.6 Å². The summed E-state index contributed by atoms with van der Waals surface area (Å²) in [5.74, 6) is 0. The van der Waals surface area contributed by atoms with Crippen LogP contribution in [0.4, 0.5) is 0 Å². The van der Waals surface area contributed by atoms with Crippen molar-refractivity contribution in [1.29, 1.82) is 0 Å². The lowest BCUT2D eigenvalue weighted by Gasteiger charge is -2.07. The molecule has 2 heterocycles.